The van der Waals surface area contributed by atoms with Crippen LogP contribution in [0.2, 0.25) is 0 Å². The molecule has 4 rings (SSSR count). The van der Waals surface area contributed by atoms with Crippen molar-refractivity contribution in [1.82, 2.24) is 14.7 Å². The first-order valence-corrected chi connectivity index (χ1v) is 9.85. The smallest absolute Gasteiger partial charge is 0.267 e. The summed E-state index contributed by atoms with van der Waals surface area (Å²) in [5, 5.41) is 15.5. The summed E-state index contributed by atoms with van der Waals surface area (Å²) in [6.45, 7) is 3.68. The van der Waals surface area contributed by atoms with E-state index in [2.05, 4.69) is 10.00 Å². The van der Waals surface area contributed by atoms with Gasteiger partial charge >= 0.3 is 0 Å². The number of likely N-dealkylation sites (tertiary alicyclic amines) is 1. The first kappa shape index (κ1) is 18.1. The molecule has 3 aliphatic rings. The van der Waals surface area contributed by atoms with Gasteiger partial charge in [0.1, 0.15) is 5.60 Å². The Kier molecular flexibility index (Phi) is 5.40. The van der Waals surface area contributed by atoms with Crippen LogP contribution < -0.4 is 5.56 Å². The lowest BCUT2D eigenvalue weighted by atomic mass is 9.97. The molecule has 0 amide bonds. The molecular weight excluding hydrogens is 334 g/mol. The Balaban J connectivity index is 1.46. The standard InChI is InChI=1S/C19H29N3O4/c23-18-10-15-4-1-2-6-17(15)20-22(18)11-16-5-3-7-21(16)12-19(24)13-25-8-9-26-14-19/h10,16,24H,1-9,11-14H2. The second-order valence-electron chi connectivity index (χ2n) is 7.94. The van der Waals surface area contributed by atoms with Gasteiger partial charge in [0.25, 0.3) is 5.56 Å². The maximum absolute atomic E-state index is 12.5. The van der Waals surface area contributed by atoms with Gasteiger partial charge in [0.15, 0.2) is 0 Å². The van der Waals surface area contributed by atoms with Crippen LogP contribution in [0, 0.1) is 0 Å². The number of rotatable bonds is 4. The highest BCUT2D eigenvalue weighted by molar-refractivity contribution is 5.20. The average molecular weight is 363 g/mol. The van der Waals surface area contributed by atoms with Gasteiger partial charge in [-0.05, 0) is 50.6 Å². The van der Waals surface area contributed by atoms with Crippen LogP contribution in [0.1, 0.15) is 36.9 Å². The van der Waals surface area contributed by atoms with Crippen molar-refractivity contribution in [2.45, 2.75) is 56.7 Å². The van der Waals surface area contributed by atoms with E-state index in [-0.39, 0.29) is 11.6 Å². The van der Waals surface area contributed by atoms with E-state index in [0.717, 1.165) is 56.3 Å². The molecule has 7 heteroatoms. The van der Waals surface area contributed by atoms with E-state index < -0.39 is 5.60 Å². The fourth-order valence-electron chi connectivity index (χ4n) is 4.39. The minimum atomic E-state index is -0.979. The highest BCUT2D eigenvalue weighted by Crippen LogP contribution is 2.23. The summed E-state index contributed by atoms with van der Waals surface area (Å²) in [6.07, 6.45) is 6.34. The molecule has 2 aliphatic heterocycles. The molecule has 0 saturated carbocycles. The summed E-state index contributed by atoms with van der Waals surface area (Å²) in [7, 11) is 0. The van der Waals surface area contributed by atoms with Crippen molar-refractivity contribution in [3.05, 3.63) is 27.7 Å². The molecule has 1 atom stereocenters. The number of β-amino-alcohol motifs (C(OH)–C–C–N with tert-alkyl or cyclic N) is 1. The van der Waals surface area contributed by atoms with E-state index >= 15 is 0 Å². The van der Waals surface area contributed by atoms with Crippen LogP contribution in [-0.4, -0.2) is 70.9 Å². The maximum atomic E-state index is 12.5. The van der Waals surface area contributed by atoms with E-state index in [1.54, 1.807) is 10.7 Å². The minimum absolute atomic E-state index is 0.00246. The number of hydrogen-bond acceptors (Lipinski definition) is 6. The van der Waals surface area contributed by atoms with Crippen molar-refractivity contribution in [3.63, 3.8) is 0 Å². The molecule has 0 spiro atoms. The van der Waals surface area contributed by atoms with Crippen molar-refractivity contribution < 1.29 is 14.6 Å². The van der Waals surface area contributed by atoms with E-state index in [1.165, 1.54) is 0 Å². The van der Waals surface area contributed by atoms with Gasteiger partial charge in [-0.1, -0.05) is 0 Å². The Morgan fingerprint density at radius 1 is 1.19 bits per heavy atom. The maximum Gasteiger partial charge on any atom is 0.267 e. The Bertz CT molecular complexity index is 682. The second-order valence-corrected chi connectivity index (χ2v) is 7.94. The van der Waals surface area contributed by atoms with Crippen molar-refractivity contribution >= 4 is 0 Å². The Labute approximate surface area is 153 Å². The van der Waals surface area contributed by atoms with Gasteiger partial charge in [-0.3, -0.25) is 9.69 Å². The third kappa shape index (κ3) is 4.01. The SMILES string of the molecule is O=c1cc2c(nn1CC1CCCN1CC1(O)COCCOC1)CCCC2. The van der Waals surface area contributed by atoms with Crippen molar-refractivity contribution in [2.24, 2.45) is 0 Å². The summed E-state index contributed by atoms with van der Waals surface area (Å²) in [5.41, 5.74) is 1.23. The number of aromatic nitrogens is 2. The van der Waals surface area contributed by atoms with E-state index in [1.807, 2.05) is 0 Å². The van der Waals surface area contributed by atoms with Crippen LogP contribution in [0.15, 0.2) is 10.9 Å². The average Bonchev–Trinajstić information content (AvgIpc) is 2.93. The monoisotopic (exact) mass is 363 g/mol. The molecule has 0 bridgehead atoms. The summed E-state index contributed by atoms with van der Waals surface area (Å²) in [4.78, 5) is 14.7. The highest BCUT2D eigenvalue weighted by Gasteiger charge is 2.36. The number of fused-ring (bicyclic) bond motifs is 1. The van der Waals surface area contributed by atoms with Crippen LogP contribution in [0.25, 0.3) is 0 Å². The number of aliphatic hydroxyl groups is 1. The Morgan fingerprint density at radius 3 is 2.77 bits per heavy atom. The largest absolute Gasteiger partial charge is 0.384 e. The van der Waals surface area contributed by atoms with Crippen LogP contribution in [0.3, 0.4) is 0 Å². The summed E-state index contributed by atoms with van der Waals surface area (Å²) >= 11 is 0. The topological polar surface area (TPSA) is 76.8 Å². The summed E-state index contributed by atoms with van der Waals surface area (Å²) < 4.78 is 12.6. The van der Waals surface area contributed by atoms with E-state index in [9.17, 15) is 9.90 Å². The third-order valence-corrected chi connectivity index (χ3v) is 5.77. The molecule has 1 unspecified atom stereocenters. The fraction of sp³-hybridized carbons (Fsp3) is 0.789. The third-order valence-electron chi connectivity index (χ3n) is 5.77. The molecule has 1 aromatic heterocycles. The zero-order valence-electron chi connectivity index (χ0n) is 15.4. The predicted octanol–water partition coefficient (Wildman–Crippen LogP) is 0.364. The molecule has 1 N–H and O–H groups in total. The molecule has 0 aromatic carbocycles. The summed E-state index contributed by atoms with van der Waals surface area (Å²) in [6, 6.07) is 2.00. The van der Waals surface area contributed by atoms with Crippen LogP contribution in [0.5, 0.6) is 0 Å². The van der Waals surface area contributed by atoms with Gasteiger partial charge in [0.05, 0.1) is 38.7 Å². The molecule has 3 heterocycles. The van der Waals surface area contributed by atoms with Crippen molar-refractivity contribution in [1.29, 1.82) is 0 Å². The minimum Gasteiger partial charge on any atom is -0.384 e. The summed E-state index contributed by atoms with van der Waals surface area (Å²) in [5.74, 6) is 0. The lowest BCUT2D eigenvalue weighted by Crippen LogP contribution is -2.51. The Hall–Kier alpha value is -1.28. The van der Waals surface area contributed by atoms with E-state index in [4.69, 9.17) is 9.47 Å². The van der Waals surface area contributed by atoms with Gasteiger partial charge in [0, 0.05) is 18.7 Å². The molecule has 1 aliphatic carbocycles. The lowest BCUT2D eigenvalue weighted by Gasteiger charge is -2.33. The quantitative estimate of drug-likeness (QED) is 0.833. The molecule has 2 fully saturated rings. The number of ether oxygens (including phenoxy) is 2. The zero-order chi connectivity index (χ0) is 18.0. The fourth-order valence-corrected chi connectivity index (χ4v) is 4.39. The van der Waals surface area contributed by atoms with Crippen LogP contribution >= 0.6 is 0 Å². The second kappa shape index (κ2) is 7.76. The molecule has 7 nitrogen and oxygen atoms in total. The first-order chi connectivity index (χ1) is 12.6. The zero-order valence-corrected chi connectivity index (χ0v) is 15.4. The lowest BCUT2D eigenvalue weighted by molar-refractivity contribution is -0.0768. The normalized spacial score (nSPS) is 26.4. The molecule has 0 radical (unpaired) electrons. The van der Waals surface area contributed by atoms with Crippen molar-refractivity contribution in [3.8, 4) is 0 Å². The Morgan fingerprint density at radius 2 is 1.96 bits per heavy atom. The van der Waals surface area contributed by atoms with Crippen LogP contribution in [0.4, 0.5) is 0 Å². The molecule has 26 heavy (non-hydrogen) atoms. The van der Waals surface area contributed by atoms with Gasteiger partial charge in [-0.25, -0.2) is 4.68 Å². The number of hydrogen-bond donors (Lipinski definition) is 1. The highest BCUT2D eigenvalue weighted by atomic mass is 16.6. The molecule has 2 saturated heterocycles. The predicted molar refractivity (Wildman–Crippen MR) is 96.3 cm³/mol. The van der Waals surface area contributed by atoms with Gasteiger partial charge in [0.2, 0.25) is 0 Å². The van der Waals surface area contributed by atoms with E-state index in [0.29, 0.717) is 39.5 Å². The number of aryl methyl sites for hydroxylation is 2. The van der Waals surface area contributed by atoms with Crippen molar-refractivity contribution in [2.75, 3.05) is 39.5 Å². The van der Waals surface area contributed by atoms with Gasteiger partial charge in [-0.2, -0.15) is 5.10 Å². The van der Waals surface area contributed by atoms with Crippen LogP contribution in [-0.2, 0) is 28.9 Å². The van der Waals surface area contributed by atoms with Gasteiger partial charge < -0.3 is 14.6 Å². The van der Waals surface area contributed by atoms with Gasteiger partial charge in [-0.15, -0.1) is 0 Å². The molecule has 1 aromatic rings. The molecule has 144 valence electrons. The number of nitrogens with zero attached hydrogens (tertiary/aromatic N) is 3. The molecular formula is C19H29N3O4. The first-order valence-electron chi connectivity index (χ1n) is 9.85.